The summed E-state index contributed by atoms with van der Waals surface area (Å²) in [6.07, 6.45) is 5.57. The van der Waals surface area contributed by atoms with Crippen LogP contribution in [0.2, 0.25) is 0 Å². The molecule has 0 bridgehead atoms. The van der Waals surface area contributed by atoms with E-state index in [1.807, 2.05) is 6.92 Å². The highest BCUT2D eigenvalue weighted by Crippen LogP contribution is 2.21. The highest BCUT2D eigenvalue weighted by Gasteiger charge is 2.19. The third-order valence-corrected chi connectivity index (χ3v) is 3.02. The SMILES string of the molecule is CCOCCc1noc(C2CCCCCN2)n1. The van der Waals surface area contributed by atoms with Gasteiger partial charge in [-0.2, -0.15) is 4.98 Å². The second kappa shape index (κ2) is 6.71. The lowest BCUT2D eigenvalue weighted by atomic mass is 10.1. The van der Waals surface area contributed by atoms with Crippen LogP contribution >= 0.6 is 0 Å². The van der Waals surface area contributed by atoms with Crippen LogP contribution in [0.5, 0.6) is 0 Å². The van der Waals surface area contributed by atoms with Crippen LogP contribution in [0.25, 0.3) is 0 Å². The molecule has 0 spiro atoms. The van der Waals surface area contributed by atoms with E-state index in [0.29, 0.717) is 6.61 Å². The van der Waals surface area contributed by atoms with Crippen molar-refractivity contribution in [2.75, 3.05) is 19.8 Å². The number of hydrogen-bond acceptors (Lipinski definition) is 5. The van der Waals surface area contributed by atoms with Gasteiger partial charge in [-0.05, 0) is 26.3 Å². The van der Waals surface area contributed by atoms with Gasteiger partial charge in [0.05, 0.1) is 12.6 Å². The van der Waals surface area contributed by atoms with E-state index in [1.165, 1.54) is 19.3 Å². The predicted molar refractivity (Wildman–Crippen MR) is 63.7 cm³/mol. The molecule has 0 aromatic carbocycles. The van der Waals surface area contributed by atoms with Gasteiger partial charge in [-0.1, -0.05) is 18.0 Å². The van der Waals surface area contributed by atoms with Gasteiger partial charge >= 0.3 is 0 Å². The molecule has 0 amide bonds. The van der Waals surface area contributed by atoms with E-state index in [4.69, 9.17) is 9.26 Å². The predicted octanol–water partition coefficient (Wildman–Crippen LogP) is 1.85. The zero-order valence-corrected chi connectivity index (χ0v) is 10.4. The molecule has 0 aliphatic carbocycles. The minimum Gasteiger partial charge on any atom is -0.381 e. The van der Waals surface area contributed by atoms with Gasteiger partial charge in [0, 0.05) is 13.0 Å². The van der Waals surface area contributed by atoms with Crippen molar-refractivity contribution >= 4 is 0 Å². The summed E-state index contributed by atoms with van der Waals surface area (Å²) in [6.45, 7) is 4.42. The molecule has 17 heavy (non-hydrogen) atoms. The summed E-state index contributed by atoms with van der Waals surface area (Å²) in [6, 6.07) is 0.242. The quantitative estimate of drug-likeness (QED) is 0.795. The van der Waals surface area contributed by atoms with E-state index < -0.39 is 0 Å². The summed E-state index contributed by atoms with van der Waals surface area (Å²) in [5.41, 5.74) is 0. The van der Waals surface area contributed by atoms with Crippen molar-refractivity contribution in [1.82, 2.24) is 15.5 Å². The average Bonchev–Trinajstić information content (AvgIpc) is 2.64. The van der Waals surface area contributed by atoms with Crippen LogP contribution in [-0.2, 0) is 11.2 Å². The van der Waals surface area contributed by atoms with Gasteiger partial charge in [0.1, 0.15) is 0 Å². The van der Waals surface area contributed by atoms with Crippen molar-refractivity contribution in [3.63, 3.8) is 0 Å². The van der Waals surface area contributed by atoms with E-state index in [0.717, 1.165) is 37.7 Å². The number of nitrogens with one attached hydrogen (secondary N) is 1. The Morgan fingerprint density at radius 1 is 1.41 bits per heavy atom. The first kappa shape index (κ1) is 12.5. The molecule has 0 radical (unpaired) electrons. The fraction of sp³-hybridized carbons (Fsp3) is 0.833. The first-order valence-corrected chi connectivity index (χ1v) is 6.53. The van der Waals surface area contributed by atoms with Gasteiger partial charge in [-0.15, -0.1) is 0 Å². The molecule has 2 heterocycles. The van der Waals surface area contributed by atoms with Gasteiger partial charge in [0.2, 0.25) is 5.89 Å². The van der Waals surface area contributed by atoms with Gasteiger partial charge in [-0.25, -0.2) is 0 Å². The first-order chi connectivity index (χ1) is 8.40. The Bertz CT molecular complexity index is 319. The second-order valence-electron chi connectivity index (χ2n) is 4.35. The Labute approximate surface area is 102 Å². The molecular weight excluding hydrogens is 218 g/mol. The lowest BCUT2D eigenvalue weighted by Gasteiger charge is -2.09. The van der Waals surface area contributed by atoms with E-state index in [9.17, 15) is 0 Å². The Morgan fingerprint density at radius 3 is 3.24 bits per heavy atom. The van der Waals surface area contributed by atoms with Crippen LogP contribution in [0.1, 0.15) is 50.4 Å². The van der Waals surface area contributed by atoms with Crippen LogP contribution in [0.15, 0.2) is 4.52 Å². The van der Waals surface area contributed by atoms with Crippen molar-refractivity contribution in [1.29, 1.82) is 0 Å². The topological polar surface area (TPSA) is 60.2 Å². The summed E-state index contributed by atoms with van der Waals surface area (Å²) >= 11 is 0. The molecule has 0 saturated carbocycles. The van der Waals surface area contributed by atoms with Crippen molar-refractivity contribution in [2.45, 2.75) is 45.1 Å². The highest BCUT2D eigenvalue weighted by molar-refractivity contribution is 4.94. The summed E-state index contributed by atoms with van der Waals surface area (Å²) in [7, 11) is 0. The lowest BCUT2D eigenvalue weighted by Crippen LogP contribution is -2.20. The van der Waals surface area contributed by atoms with Gasteiger partial charge in [0.15, 0.2) is 5.82 Å². The molecule has 1 saturated heterocycles. The van der Waals surface area contributed by atoms with Crippen molar-refractivity contribution in [2.24, 2.45) is 0 Å². The molecule has 96 valence electrons. The summed E-state index contributed by atoms with van der Waals surface area (Å²) in [4.78, 5) is 4.43. The van der Waals surface area contributed by atoms with Crippen LogP contribution in [0.4, 0.5) is 0 Å². The molecule has 1 aromatic rings. The molecule has 1 fully saturated rings. The van der Waals surface area contributed by atoms with Gasteiger partial charge in [0.25, 0.3) is 0 Å². The molecule has 1 aromatic heterocycles. The highest BCUT2D eigenvalue weighted by atomic mass is 16.5. The molecule has 1 aliphatic heterocycles. The Kier molecular flexibility index (Phi) is 4.94. The minimum atomic E-state index is 0.242. The molecule has 1 unspecified atom stereocenters. The molecule has 2 rings (SSSR count). The monoisotopic (exact) mass is 239 g/mol. The van der Waals surface area contributed by atoms with E-state index in [-0.39, 0.29) is 6.04 Å². The summed E-state index contributed by atoms with van der Waals surface area (Å²) in [5, 5.41) is 7.44. The maximum atomic E-state index is 5.31. The molecule has 1 aliphatic rings. The fourth-order valence-electron chi connectivity index (χ4n) is 2.06. The second-order valence-corrected chi connectivity index (χ2v) is 4.35. The largest absolute Gasteiger partial charge is 0.381 e. The summed E-state index contributed by atoms with van der Waals surface area (Å²) < 4.78 is 10.6. The Morgan fingerprint density at radius 2 is 2.35 bits per heavy atom. The molecule has 1 N–H and O–H groups in total. The molecule has 5 heteroatoms. The Hall–Kier alpha value is -0.940. The maximum absolute atomic E-state index is 5.31. The number of nitrogens with zero attached hydrogens (tertiary/aromatic N) is 2. The first-order valence-electron chi connectivity index (χ1n) is 6.53. The molecule has 1 atom stereocenters. The van der Waals surface area contributed by atoms with Crippen molar-refractivity contribution in [3.05, 3.63) is 11.7 Å². The number of aromatic nitrogens is 2. The van der Waals surface area contributed by atoms with E-state index in [1.54, 1.807) is 0 Å². The fourth-order valence-corrected chi connectivity index (χ4v) is 2.06. The molecular formula is C12H21N3O2. The zero-order valence-electron chi connectivity index (χ0n) is 10.4. The lowest BCUT2D eigenvalue weighted by molar-refractivity contribution is 0.149. The van der Waals surface area contributed by atoms with Crippen molar-refractivity contribution < 1.29 is 9.26 Å². The number of rotatable bonds is 5. The average molecular weight is 239 g/mol. The summed E-state index contributed by atoms with van der Waals surface area (Å²) in [5.74, 6) is 1.48. The van der Waals surface area contributed by atoms with Gasteiger partial charge in [-0.3, -0.25) is 0 Å². The Balaban J connectivity index is 1.87. The van der Waals surface area contributed by atoms with Crippen LogP contribution in [0.3, 0.4) is 0 Å². The maximum Gasteiger partial charge on any atom is 0.243 e. The van der Waals surface area contributed by atoms with E-state index >= 15 is 0 Å². The minimum absolute atomic E-state index is 0.242. The third-order valence-electron chi connectivity index (χ3n) is 3.02. The van der Waals surface area contributed by atoms with E-state index in [2.05, 4.69) is 15.5 Å². The standard InChI is InChI=1S/C12H21N3O2/c1-2-16-9-7-11-14-12(17-15-11)10-6-4-3-5-8-13-10/h10,13H,2-9H2,1H3. The van der Waals surface area contributed by atoms with Crippen LogP contribution in [0, 0.1) is 0 Å². The zero-order chi connectivity index (χ0) is 11.9. The van der Waals surface area contributed by atoms with Crippen LogP contribution in [-0.4, -0.2) is 29.9 Å². The molecule has 5 nitrogen and oxygen atoms in total. The van der Waals surface area contributed by atoms with Crippen LogP contribution < -0.4 is 5.32 Å². The number of hydrogen-bond donors (Lipinski definition) is 1. The normalized spacial score (nSPS) is 21.4. The smallest absolute Gasteiger partial charge is 0.243 e. The van der Waals surface area contributed by atoms with Gasteiger partial charge < -0.3 is 14.6 Å². The van der Waals surface area contributed by atoms with Crippen molar-refractivity contribution in [3.8, 4) is 0 Å². The third kappa shape index (κ3) is 3.78. The number of ether oxygens (including phenoxy) is 1.